The van der Waals surface area contributed by atoms with Gasteiger partial charge in [-0.05, 0) is 119 Å². The number of hydrogen-bond donors (Lipinski definition) is 0. The molecule has 0 aromatic heterocycles. The Hall–Kier alpha value is -7.00. The van der Waals surface area contributed by atoms with Crippen molar-refractivity contribution in [3.05, 3.63) is 162 Å². The maximum atomic E-state index is 6.39. The van der Waals surface area contributed by atoms with Crippen LogP contribution in [0.2, 0.25) is 0 Å². The maximum Gasteiger partial charge on any atom is 1.00 e. The Bertz CT molecular complexity index is 2200. The molecule has 0 unspecified atom stereocenters. The van der Waals surface area contributed by atoms with E-state index in [1.807, 2.05) is 122 Å². The molecular weight excluding hydrogens is 1050 g/mol. The standard InChI is InChI=1S/C53H57N2O12.Au/c1-56-42-15-38(16-43(23-42)57-2)31-64-50-11-36(12-51(27-50)65-32-39-17-44(58-3)24-45(18-39)59-4)29-54-9-10-55(35-54)30-37-13-52(66-33-40-19-46(60-5)25-47(20-40)61-6)28-53(14-37)67-34-41-21-48(62-7)26-49(22-41)63-8;/h9-28,35H,29-34H2,1-8H3;/q-1;+1. The van der Waals surface area contributed by atoms with E-state index in [1.165, 1.54) is 0 Å². The largest absolute Gasteiger partial charge is 1.00 e. The van der Waals surface area contributed by atoms with Crippen molar-refractivity contribution < 1.29 is 79.2 Å². The van der Waals surface area contributed by atoms with E-state index in [0.717, 1.165) is 33.4 Å². The van der Waals surface area contributed by atoms with E-state index in [2.05, 4.69) is 16.5 Å². The molecule has 68 heavy (non-hydrogen) atoms. The van der Waals surface area contributed by atoms with Crippen LogP contribution in [-0.2, 0) is 61.9 Å². The Morgan fingerprint density at radius 1 is 0.279 bits per heavy atom. The van der Waals surface area contributed by atoms with Crippen LogP contribution in [0, 0.1) is 6.67 Å². The number of methoxy groups -OCH3 is 8. The summed E-state index contributed by atoms with van der Waals surface area (Å²) in [5.41, 5.74) is 5.50. The van der Waals surface area contributed by atoms with Gasteiger partial charge in [-0.3, -0.25) is 0 Å². The summed E-state index contributed by atoms with van der Waals surface area (Å²) in [6.07, 6.45) is 4.06. The monoisotopic (exact) mass is 1110 g/mol. The van der Waals surface area contributed by atoms with Gasteiger partial charge in [-0.2, -0.15) is 6.67 Å². The second-order valence-electron chi connectivity index (χ2n) is 15.4. The van der Waals surface area contributed by atoms with Crippen molar-refractivity contribution in [2.24, 2.45) is 0 Å². The molecule has 0 radical (unpaired) electrons. The fourth-order valence-electron chi connectivity index (χ4n) is 7.29. The van der Waals surface area contributed by atoms with Gasteiger partial charge in [0, 0.05) is 49.5 Å². The van der Waals surface area contributed by atoms with Gasteiger partial charge in [0.2, 0.25) is 0 Å². The molecule has 0 N–H and O–H groups in total. The number of ether oxygens (including phenoxy) is 12. The van der Waals surface area contributed by atoms with Crippen molar-refractivity contribution in [2.45, 2.75) is 39.5 Å². The predicted octanol–water partition coefficient (Wildman–Crippen LogP) is 9.98. The van der Waals surface area contributed by atoms with Crippen molar-refractivity contribution >= 4 is 0 Å². The summed E-state index contributed by atoms with van der Waals surface area (Å²) in [6, 6.07) is 34.5. The van der Waals surface area contributed by atoms with E-state index in [4.69, 9.17) is 56.8 Å². The molecule has 0 fully saturated rings. The fourth-order valence-corrected chi connectivity index (χ4v) is 7.29. The summed E-state index contributed by atoms with van der Waals surface area (Å²) < 4.78 is 69.5. The average molecular weight is 1110 g/mol. The van der Waals surface area contributed by atoms with Crippen molar-refractivity contribution in [3.8, 4) is 69.0 Å². The van der Waals surface area contributed by atoms with Crippen LogP contribution < -0.4 is 56.8 Å². The molecule has 6 aromatic carbocycles. The van der Waals surface area contributed by atoms with E-state index in [-0.39, 0.29) is 48.8 Å². The topological polar surface area (TPSA) is 117 Å². The second kappa shape index (κ2) is 24.7. The molecule has 0 amide bonds. The first-order valence-corrected chi connectivity index (χ1v) is 21.4. The third-order valence-corrected chi connectivity index (χ3v) is 10.6. The molecular formula is C53H57AuN2O12. The quantitative estimate of drug-likeness (QED) is 0.0423. The van der Waals surface area contributed by atoms with Crippen LogP contribution in [0.4, 0.5) is 0 Å². The van der Waals surface area contributed by atoms with Crippen LogP contribution in [0.15, 0.2) is 122 Å². The maximum absolute atomic E-state index is 6.39. The Morgan fingerprint density at radius 3 is 0.676 bits per heavy atom. The average Bonchev–Trinajstić information content (AvgIpc) is 3.81. The summed E-state index contributed by atoms with van der Waals surface area (Å²) >= 11 is 0. The summed E-state index contributed by atoms with van der Waals surface area (Å²) in [6.45, 7) is 4.24. The van der Waals surface area contributed by atoms with E-state index in [0.29, 0.717) is 82.1 Å². The summed E-state index contributed by atoms with van der Waals surface area (Å²) in [4.78, 5) is 4.21. The van der Waals surface area contributed by atoms with Crippen LogP contribution in [-0.4, -0.2) is 66.7 Å². The van der Waals surface area contributed by atoms with Crippen molar-refractivity contribution in [1.29, 1.82) is 0 Å². The fraction of sp³-hybridized carbons (Fsp3) is 0.264. The molecule has 0 saturated heterocycles. The molecule has 1 heterocycles. The van der Waals surface area contributed by atoms with E-state index < -0.39 is 0 Å². The van der Waals surface area contributed by atoms with Gasteiger partial charge in [0.15, 0.2) is 0 Å². The molecule has 1 aliphatic rings. The van der Waals surface area contributed by atoms with Gasteiger partial charge in [-0.15, -0.1) is 0 Å². The molecule has 1 aliphatic heterocycles. The first-order valence-electron chi connectivity index (χ1n) is 21.4. The molecule has 7 rings (SSSR count). The number of nitrogens with zero attached hydrogens (tertiary/aromatic N) is 2. The van der Waals surface area contributed by atoms with Gasteiger partial charge in [0.25, 0.3) is 0 Å². The number of benzene rings is 6. The third kappa shape index (κ3) is 14.3. The predicted molar refractivity (Wildman–Crippen MR) is 253 cm³/mol. The van der Waals surface area contributed by atoms with Crippen molar-refractivity contribution in [3.63, 3.8) is 0 Å². The van der Waals surface area contributed by atoms with Crippen LogP contribution in [0.1, 0.15) is 33.4 Å². The van der Waals surface area contributed by atoms with Crippen LogP contribution in [0.25, 0.3) is 0 Å². The molecule has 15 heteroatoms. The normalized spacial score (nSPS) is 11.6. The Balaban J connectivity index is 0.00000761. The first-order chi connectivity index (χ1) is 32.7. The third-order valence-electron chi connectivity index (χ3n) is 10.6. The summed E-state index contributed by atoms with van der Waals surface area (Å²) in [5, 5.41) is 0. The van der Waals surface area contributed by atoms with E-state index >= 15 is 0 Å². The van der Waals surface area contributed by atoms with Crippen molar-refractivity contribution in [2.75, 3.05) is 56.9 Å². The minimum atomic E-state index is 0. The molecule has 6 aromatic rings. The zero-order valence-electron chi connectivity index (χ0n) is 39.5. The van der Waals surface area contributed by atoms with Crippen molar-refractivity contribution in [1.82, 2.24) is 9.80 Å². The molecule has 14 nitrogen and oxygen atoms in total. The Labute approximate surface area is 414 Å². The van der Waals surface area contributed by atoms with Gasteiger partial charge in [-0.1, -0.05) is 0 Å². The van der Waals surface area contributed by atoms with Gasteiger partial charge < -0.3 is 66.6 Å². The zero-order valence-corrected chi connectivity index (χ0v) is 41.6. The summed E-state index contributed by atoms with van der Waals surface area (Å²) in [5.74, 6) is 7.98. The van der Waals surface area contributed by atoms with Crippen LogP contribution in [0.3, 0.4) is 0 Å². The van der Waals surface area contributed by atoms with Gasteiger partial charge in [0.1, 0.15) is 95.4 Å². The first kappa shape index (κ1) is 50.4. The molecule has 0 spiro atoms. The Kier molecular flexibility index (Phi) is 18.3. The number of rotatable bonds is 24. The molecule has 0 atom stereocenters. The van der Waals surface area contributed by atoms with Gasteiger partial charge >= 0.3 is 22.4 Å². The minimum absolute atomic E-state index is 0. The number of hydrogen-bond acceptors (Lipinski definition) is 14. The van der Waals surface area contributed by atoms with Crippen LogP contribution in [0.5, 0.6) is 69.0 Å². The molecule has 0 bridgehead atoms. The second-order valence-corrected chi connectivity index (χ2v) is 15.4. The zero-order chi connectivity index (χ0) is 47.1. The summed E-state index contributed by atoms with van der Waals surface area (Å²) in [7, 11) is 13.0. The molecule has 0 saturated carbocycles. The van der Waals surface area contributed by atoms with Gasteiger partial charge in [-0.25, -0.2) is 0 Å². The van der Waals surface area contributed by atoms with E-state index in [9.17, 15) is 0 Å². The SMILES string of the molecule is COc1cc(COc2cc(CN3C=CN(Cc4cc(OCc5cc(OC)cc(OC)c5)cc(OCc5cc(OC)cc(OC)c5)c4)[CH-]3)cc(OCc3cc(OC)cc(OC)c3)c2)cc(OC)c1.[Au+]. The minimum Gasteiger partial charge on any atom is -0.505 e. The Morgan fingerprint density at radius 2 is 0.471 bits per heavy atom. The molecule has 362 valence electrons. The van der Waals surface area contributed by atoms with Gasteiger partial charge in [0.05, 0.1) is 56.9 Å². The van der Waals surface area contributed by atoms with Crippen LogP contribution >= 0.6 is 0 Å². The molecule has 0 aliphatic carbocycles. The van der Waals surface area contributed by atoms with E-state index in [1.54, 1.807) is 56.9 Å². The smallest absolute Gasteiger partial charge is 0.505 e.